The van der Waals surface area contributed by atoms with E-state index in [1.807, 2.05) is 13.8 Å². The first kappa shape index (κ1) is 13.0. The molecule has 1 rings (SSSR count). The van der Waals surface area contributed by atoms with Gasteiger partial charge < -0.3 is 9.64 Å². The first-order valence-electron chi connectivity index (χ1n) is 5.13. The van der Waals surface area contributed by atoms with Crippen LogP contribution in [0.15, 0.2) is 16.7 Å². The van der Waals surface area contributed by atoms with Gasteiger partial charge in [0.25, 0.3) is 5.91 Å². The van der Waals surface area contributed by atoms with Gasteiger partial charge in [0.2, 0.25) is 0 Å². The summed E-state index contributed by atoms with van der Waals surface area (Å²) in [7, 11) is 1.56. The van der Waals surface area contributed by atoms with Crippen molar-refractivity contribution in [1.29, 1.82) is 0 Å². The van der Waals surface area contributed by atoms with Crippen molar-refractivity contribution in [2.75, 3.05) is 20.2 Å². The van der Waals surface area contributed by atoms with E-state index in [4.69, 9.17) is 4.74 Å². The molecule has 4 nitrogen and oxygen atoms in total. The highest BCUT2D eigenvalue weighted by Gasteiger charge is 2.15. The van der Waals surface area contributed by atoms with E-state index in [9.17, 15) is 4.79 Å². The molecule has 16 heavy (non-hydrogen) atoms. The van der Waals surface area contributed by atoms with Crippen LogP contribution in [0.1, 0.15) is 24.3 Å². The van der Waals surface area contributed by atoms with Crippen LogP contribution in [0, 0.1) is 0 Å². The number of carbonyl (C=O) groups excluding carboxylic acids is 1. The number of halogens is 1. The van der Waals surface area contributed by atoms with E-state index >= 15 is 0 Å². The second-order valence-electron chi connectivity index (χ2n) is 3.17. The van der Waals surface area contributed by atoms with Crippen LogP contribution >= 0.6 is 15.9 Å². The van der Waals surface area contributed by atoms with Crippen LogP contribution < -0.4 is 4.74 Å². The molecule has 1 aromatic heterocycles. The molecule has 0 N–H and O–H groups in total. The van der Waals surface area contributed by atoms with Gasteiger partial charge in [-0.25, -0.2) is 4.98 Å². The number of pyridine rings is 1. The Hall–Kier alpha value is -1.10. The van der Waals surface area contributed by atoms with Crippen LogP contribution in [0.2, 0.25) is 0 Å². The fourth-order valence-corrected chi connectivity index (χ4v) is 1.85. The Labute approximate surface area is 104 Å². The molecule has 0 atom stereocenters. The average Bonchev–Trinajstić information content (AvgIpc) is 2.30. The summed E-state index contributed by atoms with van der Waals surface area (Å²) in [4.78, 5) is 17.8. The number of aromatic nitrogens is 1. The Morgan fingerprint density at radius 1 is 1.44 bits per heavy atom. The standard InChI is InChI=1S/C11H15BrN2O2/c1-4-14(5-2)11(15)8-6-7-9(16-3)10(12)13-8/h6-7H,4-5H2,1-3H3. The van der Waals surface area contributed by atoms with Gasteiger partial charge in [0.15, 0.2) is 5.75 Å². The van der Waals surface area contributed by atoms with Crippen molar-refractivity contribution in [2.45, 2.75) is 13.8 Å². The lowest BCUT2D eigenvalue weighted by Gasteiger charge is -2.18. The Bertz CT molecular complexity index is 378. The normalized spacial score (nSPS) is 10.0. The molecule has 0 unspecified atom stereocenters. The average molecular weight is 287 g/mol. The maximum absolute atomic E-state index is 12.0. The SMILES string of the molecule is CCN(CC)C(=O)c1ccc(OC)c(Br)n1. The largest absolute Gasteiger partial charge is 0.494 e. The third-order valence-corrected chi connectivity index (χ3v) is 2.87. The van der Waals surface area contributed by atoms with E-state index in [1.54, 1.807) is 24.1 Å². The van der Waals surface area contributed by atoms with Crippen molar-refractivity contribution < 1.29 is 9.53 Å². The molecule has 5 heteroatoms. The molecular weight excluding hydrogens is 272 g/mol. The number of carbonyl (C=O) groups is 1. The molecular formula is C11H15BrN2O2. The fraction of sp³-hybridized carbons (Fsp3) is 0.455. The van der Waals surface area contributed by atoms with E-state index in [0.717, 1.165) is 0 Å². The van der Waals surface area contributed by atoms with E-state index in [2.05, 4.69) is 20.9 Å². The number of amides is 1. The minimum Gasteiger partial charge on any atom is -0.494 e. The lowest BCUT2D eigenvalue weighted by atomic mass is 10.3. The highest BCUT2D eigenvalue weighted by Crippen LogP contribution is 2.22. The summed E-state index contributed by atoms with van der Waals surface area (Å²) in [5.41, 5.74) is 0.427. The zero-order valence-electron chi connectivity index (χ0n) is 9.66. The summed E-state index contributed by atoms with van der Waals surface area (Å²) in [5.74, 6) is 0.560. The zero-order chi connectivity index (χ0) is 12.1. The lowest BCUT2D eigenvalue weighted by Crippen LogP contribution is -2.31. The third-order valence-electron chi connectivity index (χ3n) is 2.30. The molecule has 0 aliphatic heterocycles. The minimum atomic E-state index is -0.0617. The van der Waals surface area contributed by atoms with Crippen molar-refractivity contribution >= 4 is 21.8 Å². The van der Waals surface area contributed by atoms with Gasteiger partial charge in [-0.3, -0.25) is 4.79 Å². The van der Waals surface area contributed by atoms with Crippen LogP contribution in [0.3, 0.4) is 0 Å². The summed E-state index contributed by atoms with van der Waals surface area (Å²) in [6.07, 6.45) is 0. The molecule has 88 valence electrons. The minimum absolute atomic E-state index is 0.0617. The second kappa shape index (κ2) is 5.84. The van der Waals surface area contributed by atoms with Gasteiger partial charge in [0, 0.05) is 13.1 Å². The molecule has 0 aliphatic carbocycles. The number of methoxy groups -OCH3 is 1. The van der Waals surface area contributed by atoms with Gasteiger partial charge in [-0.15, -0.1) is 0 Å². The lowest BCUT2D eigenvalue weighted by molar-refractivity contribution is 0.0767. The van der Waals surface area contributed by atoms with Crippen LogP contribution in [0.4, 0.5) is 0 Å². The molecule has 0 bridgehead atoms. The van der Waals surface area contributed by atoms with Crippen LogP contribution in [-0.4, -0.2) is 36.0 Å². The van der Waals surface area contributed by atoms with E-state index in [1.165, 1.54) is 0 Å². The molecule has 0 aromatic carbocycles. The summed E-state index contributed by atoms with van der Waals surface area (Å²) >= 11 is 3.26. The topological polar surface area (TPSA) is 42.4 Å². The molecule has 1 aromatic rings. The summed E-state index contributed by atoms with van der Waals surface area (Å²) in [6, 6.07) is 3.40. The first-order valence-corrected chi connectivity index (χ1v) is 5.93. The number of hydrogen-bond acceptors (Lipinski definition) is 3. The summed E-state index contributed by atoms with van der Waals surface area (Å²) in [5, 5.41) is 0. The molecule has 0 aliphatic rings. The van der Waals surface area contributed by atoms with E-state index in [0.29, 0.717) is 29.1 Å². The molecule has 0 spiro atoms. The van der Waals surface area contributed by atoms with E-state index < -0.39 is 0 Å². The van der Waals surface area contributed by atoms with Crippen molar-refractivity contribution in [2.24, 2.45) is 0 Å². The van der Waals surface area contributed by atoms with Gasteiger partial charge in [-0.1, -0.05) is 0 Å². The van der Waals surface area contributed by atoms with Crippen molar-refractivity contribution in [3.63, 3.8) is 0 Å². The van der Waals surface area contributed by atoms with Gasteiger partial charge in [0.1, 0.15) is 10.3 Å². The van der Waals surface area contributed by atoms with E-state index in [-0.39, 0.29) is 5.91 Å². The third kappa shape index (κ3) is 2.72. The number of rotatable bonds is 4. The van der Waals surface area contributed by atoms with Gasteiger partial charge in [0.05, 0.1) is 7.11 Å². The zero-order valence-corrected chi connectivity index (χ0v) is 11.2. The second-order valence-corrected chi connectivity index (χ2v) is 3.92. The van der Waals surface area contributed by atoms with Gasteiger partial charge >= 0.3 is 0 Å². The smallest absolute Gasteiger partial charge is 0.272 e. The van der Waals surface area contributed by atoms with Crippen LogP contribution in [-0.2, 0) is 0 Å². The summed E-state index contributed by atoms with van der Waals surface area (Å²) < 4.78 is 5.61. The first-order chi connectivity index (χ1) is 7.63. The Balaban J connectivity index is 2.96. The number of ether oxygens (including phenoxy) is 1. The molecule has 0 saturated heterocycles. The molecule has 0 fully saturated rings. The monoisotopic (exact) mass is 286 g/mol. The Kier molecular flexibility index (Phi) is 4.73. The van der Waals surface area contributed by atoms with Crippen molar-refractivity contribution in [3.8, 4) is 5.75 Å². The number of nitrogens with zero attached hydrogens (tertiary/aromatic N) is 2. The van der Waals surface area contributed by atoms with Crippen LogP contribution in [0.25, 0.3) is 0 Å². The maximum Gasteiger partial charge on any atom is 0.272 e. The summed E-state index contributed by atoms with van der Waals surface area (Å²) in [6.45, 7) is 5.25. The van der Waals surface area contributed by atoms with Crippen molar-refractivity contribution in [1.82, 2.24) is 9.88 Å². The van der Waals surface area contributed by atoms with Crippen molar-refractivity contribution in [3.05, 3.63) is 22.4 Å². The quantitative estimate of drug-likeness (QED) is 0.798. The highest BCUT2D eigenvalue weighted by molar-refractivity contribution is 9.10. The predicted octanol–water partition coefficient (Wildman–Crippen LogP) is 2.33. The molecule has 0 saturated carbocycles. The molecule has 0 radical (unpaired) electrons. The predicted molar refractivity (Wildman–Crippen MR) is 65.7 cm³/mol. The molecule has 1 heterocycles. The number of hydrogen-bond donors (Lipinski definition) is 0. The van der Waals surface area contributed by atoms with Gasteiger partial charge in [-0.2, -0.15) is 0 Å². The fourth-order valence-electron chi connectivity index (χ4n) is 1.37. The Morgan fingerprint density at radius 2 is 2.06 bits per heavy atom. The molecule has 1 amide bonds. The highest BCUT2D eigenvalue weighted by atomic mass is 79.9. The van der Waals surface area contributed by atoms with Gasteiger partial charge in [-0.05, 0) is 41.9 Å². The Morgan fingerprint density at radius 3 is 2.50 bits per heavy atom. The van der Waals surface area contributed by atoms with Crippen LogP contribution in [0.5, 0.6) is 5.75 Å². The maximum atomic E-state index is 12.0.